The molecule has 2 aromatic heterocycles. The van der Waals surface area contributed by atoms with Crippen molar-refractivity contribution in [2.45, 2.75) is 11.1 Å². The van der Waals surface area contributed by atoms with Crippen molar-refractivity contribution in [1.29, 1.82) is 0 Å². The van der Waals surface area contributed by atoms with E-state index in [0.29, 0.717) is 14.5 Å². The highest BCUT2D eigenvalue weighted by molar-refractivity contribution is 7.95. The molecule has 0 amide bonds. The first-order valence-corrected chi connectivity index (χ1v) is 9.57. The summed E-state index contributed by atoms with van der Waals surface area (Å²) in [6, 6.07) is 6.57. The van der Waals surface area contributed by atoms with Gasteiger partial charge in [-0.05, 0) is 36.8 Å². The molecule has 0 atom stereocenters. The number of aryl methyl sites for hydroxylation is 1. The zero-order chi connectivity index (χ0) is 15.2. The Bertz CT molecular complexity index is 931. The minimum absolute atomic E-state index is 0.154. The third-order valence-electron chi connectivity index (χ3n) is 2.69. The molecule has 4 nitrogen and oxygen atoms in total. The molecular formula is C12H8Cl2N2O2S3. The summed E-state index contributed by atoms with van der Waals surface area (Å²) in [5.74, 6) is 0. The van der Waals surface area contributed by atoms with E-state index in [1.807, 2.05) is 6.92 Å². The van der Waals surface area contributed by atoms with Crippen LogP contribution in [0, 0.1) is 6.92 Å². The number of sulfonamides is 1. The Hall–Kier alpha value is -0.860. The number of nitrogens with one attached hydrogen (secondary N) is 1. The van der Waals surface area contributed by atoms with E-state index in [2.05, 4.69) is 9.71 Å². The average molecular weight is 379 g/mol. The molecule has 3 aromatic rings. The van der Waals surface area contributed by atoms with E-state index in [4.69, 9.17) is 23.2 Å². The summed E-state index contributed by atoms with van der Waals surface area (Å²) in [4.78, 5) is 4.31. The Labute approximate surface area is 139 Å². The van der Waals surface area contributed by atoms with Gasteiger partial charge in [-0.25, -0.2) is 13.4 Å². The summed E-state index contributed by atoms with van der Waals surface area (Å²) in [7, 11) is -3.66. The molecule has 1 aromatic carbocycles. The minimum Gasteiger partial charge on any atom is -0.254 e. The molecule has 0 aliphatic heterocycles. The average Bonchev–Trinajstić information content (AvgIpc) is 2.95. The zero-order valence-corrected chi connectivity index (χ0v) is 14.5. The maximum atomic E-state index is 12.2. The highest BCUT2D eigenvalue weighted by Gasteiger charge is 2.19. The van der Waals surface area contributed by atoms with Crippen LogP contribution in [0.2, 0.25) is 9.36 Å². The number of fused-ring (bicyclic) bond motifs is 1. The fraction of sp³-hybridized carbons (Fsp3) is 0.0833. The van der Waals surface area contributed by atoms with E-state index in [1.54, 1.807) is 18.2 Å². The second-order valence-electron chi connectivity index (χ2n) is 4.25. The Morgan fingerprint density at radius 2 is 1.95 bits per heavy atom. The molecule has 21 heavy (non-hydrogen) atoms. The Kier molecular flexibility index (Phi) is 3.87. The van der Waals surface area contributed by atoms with Gasteiger partial charge in [0.2, 0.25) is 0 Å². The van der Waals surface area contributed by atoms with Crippen LogP contribution in [0.15, 0.2) is 28.5 Å². The summed E-state index contributed by atoms with van der Waals surface area (Å²) in [5.41, 5.74) is 1.64. The first-order chi connectivity index (χ1) is 9.85. The van der Waals surface area contributed by atoms with Gasteiger partial charge in [0.15, 0.2) is 5.13 Å². The molecule has 9 heteroatoms. The number of hydrogen-bond donors (Lipinski definition) is 1. The van der Waals surface area contributed by atoms with E-state index in [9.17, 15) is 8.42 Å². The fourth-order valence-corrected chi connectivity index (χ4v) is 5.84. The molecule has 3 rings (SSSR count). The lowest BCUT2D eigenvalue weighted by Crippen LogP contribution is -2.11. The summed E-state index contributed by atoms with van der Waals surface area (Å²) >= 11 is 14.0. The Balaban J connectivity index is 2.00. The van der Waals surface area contributed by atoms with Crippen LogP contribution in [0.1, 0.15) is 5.56 Å². The molecule has 0 spiro atoms. The second-order valence-corrected chi connectivity index (χ2v) is 9.34. The van der Waals surface area contributed by atoms with Crippen molar-refractivity contribution in [3.8, 4) is 0 Å². The number of thiophene rings is 1. The number of aromatic nitrogens is 1. The smallest absolute Gasteiger partial charge is 0.254 e. The van der Waals surface area contributed by atoms with Crippen molar-refractivity contribution in [3.05, 3.63) is 39.2 Å². The normalized spacial score (nSPS) is 12.0. The van der Waals surface area contributed by atoms with Crippen LogP contribution in [0.4, 0.5) is 5.13 Å². The molecule has 0 bridgehead atoms. The van der Waals surface area contributed by atoms with E-state index >= 15 is 0 Å². The van der Waals surface area contributed by atoms with Crippen LogP contribution < -0.4 is 4.72 Å². The molecule has 0 saturated heterocycles. The van der Waals surface area contributed by atoms with Crippen molar-refractivity contribution in [3.63, 3.8) is 0 Å². The lowest BCUT2D eigenvalue weighted by atomic mass is 10.2. The predicted molar refractivity (Wildman–Crippen MR) is 89.5 cm³/mol. The lowest BCUT2D eigenvalue weighted by Gasteiger charge is -2.01. The number of thiazole rings is 1. The Morgan fingerprint density at radius 3 is 2.62 bits per heavy atom. The first-order valence-electron chi connectivity index (χ1n) is 5.70. The van der Waals surface area contributed by atoms with E-state index in [-0.39, 0.29) is 4.21 Å². The molecule has 2 heterocycles. The van der Waals surface area contributed by atoms with Gasteiger partial charge < -0.3 is 0 Å². The lowest BCUT2D eigenvalue weighted by molar-refractivity contribution is 0.603. The van der Waals surface area contributed by atoms with Crippen LogP contribution in [0.3, 0.4) is 0 Å². The largest absolute Gasteiger partial charge is 0.273 e. The zero-order valence-electron chi connectivity index (χ0n) is 10.6. The van der Waals surface area contributed by atoms with Crippen molar-refractivity contribution >= 4 is 71.2 Å². The van der Waals surface area contributed by atoms with E-state index < -0.39 is 10.0 Å². The third-order valence-corrected chi connectivity index (χ3v) is 7.01. The van der Waals surface area contributed by atoms with Crippen molar-refractivity contribution in [2.75, 3.05) is 4.72 Å². The van der Waals surface area contributed by atoms with Gasteiger partial charge in [0.05, 0.1) is 14.6 Å². The van der Waals surface area contributed by atoms with E-state index in [0.717, 1.165) is 27.1 Å². The summed E-state index contributed by atoms with van der Waals surface area (Å²) in [6.45, 7) is 1.88. The first kappa shape index (κ1) is 15.1. The summed E-state index contributed by atoms with van der Waals surface area (Å²) in [6.07, 6.45) is 0. The number of halogens is 2. The van der Waals surface area contributed by atoms with Crippen LogP contribution in [0.5, 0.6) is 0 Å². The van der Waals surface area contributed by atoms with E-state index in [1.165, 1.54) is 17.4 Å². The number of anilines is 1. The van der Waals surface area contributed by atoms with Gasteiger partial charge in [-0.15, -0.1) is 11.3 Å². The van der Waals surface area contributed by atoms with Crippen LogP contribution >= 0.6 is 45.9 Å². The molecule has 0 radical (unpaired) electrons. The molecule has 0 unspecified atom stereocenters. The predicted octanol–water partition coefficient (Wildman–Crippen LogP) is 4.77. The van der Waals surface area contributed by atoms with Crippen LogP contribution in [-0.2, 0) is 10.0 Å². The summed E-state index contributed by atoms with van der Waals surface area (Å²) in [5, 5.41) is 0.906. The quantitative estimate of drug-likeness (QED) is 0.713. The van der Waals surface area contributed by atoms with Gasteiger partial charge in [0.1, 0.15) is 4.21 Å². The van der Waals surface area contributed by atoms with Gasteiger partial charge in [-0.1, -0.05) is 34.5 Å². The monoisotopic (exact) mass is 378 g/mol. The Morgan fingerprint density at radius 1 is 1.19 bits per heavy atom. The van der Waals surface area contributed by atoms with Gasteiger partial charge in [0, 0.05) is 5.02 Å². The molecule has 110 valence electrons. The third kappa shape index (κ3) is 3.02. The van der Waals surface area contributed by atoms with Gasteiger partial charge in [-0.3, -0.25) is 4.72 Å². The maximum Gasteiger partial charge on any atom is 0.273 e. The van der Waals surface area contributed by atoms with Gasteiger partial charge in [0.25, 0.3) is 10.0 Å². The van der Waals surface area contributed by atoms with Gasteiger partial charge in [-0.2, -0.15) is 0 Å². The van der Waals surface area contributed by atoms with Crippen molar-refractivity contribution in [2.24, 2.45) is 0 Å². The van der Waals surface area contributed by atoms with Crippen LogP contribution in [0.25, 0.3) is 10.2 Å². The standard InChI is InChI=1S/C12H8Cl2N2O2S3/c1-6-4-7(13)5-8-11(6)15-12(19-8)16-21(17,18)10-3-2-9(14)20-10/h2-5H,1H3,(H,15,16). The highest BCUT2D eigenvalue weighted by atomic mass is 35.5. The molecular weight excluding hydrogens is 371 g/mol. The van der Waals surface area contributed by atoms with Crippen molar-refractivity contribution in [1.82, 2.24) is 4.98 Å². The van der Waals surface area contributed by atoms with Crippen LogP contribution in [-0.4, -0.2) is 13.4 Å². The maximum absolute atomic E-state index is 12.2. The molecule has 0 saturated carbocycles. The minimum atomic E-state index is -3.66. The molecule has 0 aliphatic rings. The number of nitrogens with zero attached hydrogens (tertiary/aromatic N) is 1. The molecule has 0 fully saturated rings. The second kappa shape index (κ2) is 5.40. The highest BCUT2D eigenvalue weighted by Crippen LogP contribution is 2.33. The summed E-state index contributed by atoms with van der Waals surface area (Å²) < 4.78 is 28.3. The SMILES string of the molecule is Cc1cc(Cl)cc2sc(NS(=O)(=O)c3ccc(Cl)s3)nc12. The fourth-order valence-electron chi connectivity index (χ4n) is 1.81. The molecule has 0 aliphatic carbocycles. The molecule has 1 N–H and O–H groups in total. The number of benzene rings is 1. The van der Waals surface area contributed by atoms with Crippen molar-refractivity contribution < 1.29 is 8.42 Å². The van der Waals surface area contributed by atoms with Gasteiger partial charge >= 0.3 is 0 Å². The number of rotatable bonds is 3. The topological polar surface area (TPSA) is 59.1 Å². The number of hydrogen-bond acceptors (Lipinski definition) is 5.